The lowest BCUT2D eigenvalue weighted by Gasteiger charge is -2.44. The van der Waals surface area contributed by atoms with Crippen LogP contribution in [-0.2, 0) is 23.7 Å². The van der Waals surface area contributed by atoms with Gasteiger partial charge in [0.1, 0.15) is 24.4 Å². The highest BCUT2D eigenvalue weighted by Gasteiger charge is 2.44. The molecular weight excluding hydrogens is 452 g/mol. The van der Waals surface area contributed by atoms with Gasteiger partial charge in [0.25, 0.3) is 0 Å². The van der Waals surface area contributed by atoms with Crippen LogP contribution in [0.4, 0.5) is 0 Å². The SMILES string of the molecule is NCCC(O)C(=O)NC1CC(N)[C@@H](O[C@@H]2C[C@H](O)[C@H](O)C(CN)O2)C(OC2CCC(CO)O2)C1. The number of hydrogen-bond donors (Lipinski definition) is 8. The molecule has 1 saturated carbocycles. The van der Waals surface area contributed by atoms with Gasteiger partial charge in [-0.05, 0) is 32.2 Å². The van der Waals surface area contributed by atoms with E-state index < -0.39 is 61.2 Å². The van der Waals surface area contributed by atoms with Gasteiger partial charge < -0.3 is 61.9 Å². The molecule has 13 nitrogen and oxygen atoms in total. The second-order valence-corrected chi connectivity index (χ2v) is 9.29. The molecule has 1 aliphatic carbocycles. The van der Waals surface area contributed by atoms with Crippen LogP contribution in [0.1, 0.15) is 38.5 Å². The molecule has 0 aromatic heterocycles. The van der Waals surface area contributed by atoms with E-state index in [9.17, 15) is 25.2 Å². The molecule has 11 atom stereocenters. The van der Waals surface area contributed by atoms with Gasteiger partial charge in [0.2, 0.25) is 5.91 Å². The van der Waals surface area contributed by atoms with Crippen molar-refractivity contribution in [2.24, 2.45) is 17.2 Å². The van der Waals surface area contributed by atoms with Crippen molar-refractivity contribution in [3.63, 3.8) is 0 Å². The molecule has 3 rings (SSSR count). The Morgan fingerprint density at radius 1 is 1.09 bits per heavy atom. The summed E-state index contributed by atoms with van der Waals surface area (Å²) >= 11 is 0. The van der Waals surface area contributed by atoms with Gasteiger partial charge in [-0.15, -0.1) is 0 Å². The summed E-state index contributed by atoms with van der Waals surface area (Å²) in [7, 11) is 0. The van der Waals surface area contributed by atoms with Crippen LogP contribution in [-0.4, -0.2) is 113 Å². The molecule has 198 valence electrons. The molecule has 0 aromatic carbocycles. The molecule has 3 aliphatic rings. The third-order valence-corrected chi connectivity index (χ3v) is 6.63. The van der Waals surface area contributed by atoms with E-state index in [-0.39, 0.29) is 44.7 Å². The minimum Gasteiger partial charge on any atom is -0.394 e. The molecule has 0 aromatic rings. The first kappa shape index (κ1) is 27.6. The van der Waals surface area contributed by atoms with Crippen molar-refractivity contribution < 1.29 is 44.2 Å². The highest BCUT2D eigenvalue weighted by atomic mass is 16.7. The first-order valence-electron chi connectivity index (χ1n) is 12.0. The highest BCUT2D eigenvalue weighted by molar-refractivity contribution is 5.80. The van der Waals surface area contributed by atoms with E-state index in [1.807, 2.05) is 0 Å². The molecule has 1 amide bonds. The van der Waals surface area contributed by atoms with Gasteiger partial charge in [0.05, 0.1) is 24.9 Å². The molecule has 0 bridgehead atoms. The van der Waals surface area contributed by atoms with Crippen molar-refractivity contribution in [2.75, 3.05) is 19.7 Å². The van der Waals surface area contributed by atoms with Crippen LogP contribution < -0.4 is 22.5 Å². The summed E-state index contributed by atoms with van der Waals surface area (Å²) in [5.74, 6) is -0.531. The Bertz CT molecular complexity index is 647. The number of carbonyl (C=O) groups is 1. The largest absolute Gasteiger partial charge is 0.394 e. The topological polar surface area (TPSA) is 225 Å². The van der Waals surface area contributed by atoms with Crippen molar-refractivity contribution >= 4 is 5.91 Å². The first-order valence-corrected chi connectivity index (χ1v) is 12.0. The van der Waals surface area contributed by atoms with Crippen LogP contribution >= 0.6 is 0 Å². The quantitative estimate of drug-likeness (QED) is 0.148. The molecule has 2 saturated heterocycles. The molecule has 34 heavy (non-hydrogen) atoms. The second kappa shape index (κ2) is 12.8. The second-order valence-electron chi connectivity index (χ2n) is 9.29. The van der Waals surface area contributed by atoms with Crippen molar-refractivity contribution in [1.29, 1.82) is 0 Å². The minimum absolute atomic E-state index is 0.00638. The summed E-state index contributed by atoms with van der Waals surface area (Å²) in [4.78, 5) is 12.3. The Hall–Kier alpha value is -0.970. The predicted octanol–water partition coefficient (Wildman–Crippen LogP) is -3.63. The van der Waals surface area contributed by atoms with E-state index >= 15 is 0 Å². The maximum Gasteiger partial charge on any atom is 0.249 e. The Labute approximate surface area is 198 Å². The molecule has 2 aliphatic heterocycles. The molecular formula is C21H40N4O9. The van der Waals surface area contributed by atoms with Crippen LogP contribution in [0.15, 0.2) is 0 Å². The van der Waals surface area contributed by atoms with Gasteiger partial charge in [0.15, 0.2) is 12.6 Å². The van der Waals surface area contributed by atoms with Gasteiger partial charge in [-0.1, -0.05) is 0 Å². The van der Waals surface area contributed by atoms with Crippen LogP contribution in [0.5, 0.6) is 0 Å². The van der Waals surface area contributed by atoms with Gasteiger partial charge >= 0.3 is 0 Å². The van der Waals surface area contributed by atoms with E-state index in [4.69, 9.17) is 36.1 Å². The maximum atomic E-state index is 12.3. The zero-order valence-electron chi connectivity index (χ0n) is 19.3. The monoisotopic (exact) mass is 492 g/mol. The van der Waals surface area contributed by atoms with Gasteiger partial charge in [-0.25, -0.2) is 0 Å². The number of rotatable bonds is 10. The molecule has 11 N–H and O–H groups in total. The van der Waals surface area contributed by atoms with Crippen LogP contribution in [0.2, 0.25) is 0 Å². The number of aliphatic hydroxyl groups is 4. The Balaban J connectivity index is 1.68. The average Bonchev–Trinajstić information content (AvgIpc) is 3.26. The number of ether oxygens (including phenoxy) is 4. The molecule has 3 fully saturated rings. The Morgan fingerprint density at radius 2 is 1.85 bits per heavy atom. The number of aliphatic hydroxyl groups excluding tert-OH is 4. The Kier molecular flexibility index (Phi) is 10.4. The number of hydrogen-bond acceptors (Lipinski definition) is 12. The number of nitrogens with two attached hydrogens (primary N) is 3. The molecule has 7 unspecified atom stereocenters. The number of amides is 1. The van der Waals surface area contributed by atoms with E-state index in [0.717, 1.165) is 0 Å². The van der Waals surface area contributed by atoms with E-state index in [1.165, 1.54) is 0 Å². The number of nitrogens with one attached hydrogen (secondary N) is 1. The zero-order chi connectivity index (χ0) is 24.8. The standard InChI is InChI=1S/C21H40N4O9/c22-4-3-13(27)21(30)25-10-5-12(24)20(15(6-10)32-17-2-1-11(9-26)31-17)34-18-7-14(28)19(29)16(8-23)33-18/h10-20,26-29H,1-9,22-24H2,(H,25,30)/t10?,11?,12?,13?,14-,15?,16?,17?,18+,19-,20+/m0/s1. The summed E-state index contributed by atoms with van der Waals surface area (Å²) in [5.41, 5.74) is 17.5. The van der Waals surface area contributed by atoms with Crippen molar-refractivity contribution in [1.82, 2.24) is 5.32 Å². The van der Waals surface area contributed by atoms with E-state index in [2.05, 4.69) is 5.32 Å². The van der Waals surface area contributed by atoms with E-state index in [1.54, 1.807) is 0 Å². The van der Waals surface area contributed by atoms with Crippen LogP contribution in [0.3, 0.4) is 0 Å². The molecule has 2 heterocycles. The summed E-state index contributed by atoms with van der Waals surface area (Å²) < 4.78 is 23.7. The lowest BCUT2D eigenvalue weighted by molar-refractivity contribution is -0.288. The summed E-state index contributed by atoms with van der Waals surface area (Å²) in [6, 6.07) is -0.957. The van der Waals surface area contributed by atoms with Gasteiger partial charge in [-0.3, -0.25) is 4.79 Å². The minimum atomic E-state index is -1.21. The average molecular weight is 493 g/mol. The third-order valence-electron chi connectivity index (χ3n) is 6.63. The summed E-state index contributed by atoms with van der Waals surface area (Å²) in [6.45, 7) is 0.0713. The summed E-state index contributed by atoms with van der Waals surface area (Å²) in [5, 5.41) is 42.3. The Morgan fingerprint density at radius 3 is 2.50 bits per heavy atom. The first-order chi connectivity index (χ1) is 16.2. The summed E-state index contributed by atoms with van der Waals surface area (Å²) in [6.07, 6.45) is -5.10. The lowest BCUT2D eigenvalue weighted by atomic mass is 9.86. The van der Waals surface area contributed by atoms with Crippen molar-refractivity contribution in [3.05, 3.63) is 0 Å². The van der Waals surface area contributed by atoms with Crippen molar-refractivity contribution in [2.45, 2.75) is 106 Å². The zero-order valence-corrected chi connectivity index (χ0v) is 19.3. The van der Waals surface area contributed by atoms with Gasteiger partial charge in [0, 0.05) is 31.5 Å². The fraction of sp³-hybridized carbons (Fsp3) is 0.952. The third kappa shape index (κ3) is 7.04. The van der Waals surface area contributed by atoms with Gasteiger partial charge in [-0.2, -0.15) is 0 Å². The van der Waals surface area contributed by atoms with Crippen molar-refractivity contribution in [3.8, 4) is 0 Å². The molecule has 0 radical (unpaired) electrons. The van der Waals surface area contributed by atoms with E-state index in [0.29, 0.717) is 25.7 Å². The molecule has 0 spiro atoms. The van der Waals surface area contributed by atoms with Crippen LogP contribution in [0.25, 0.3) is 0 Å². The van der Waals surface area contributed by atoms with Crippen LogP contribution in [0, 0.1) is 0 Å². The maximum absolute atomic E-state index is 12.3. The fourth-order valence-electron chi connectivity index (χ4n) is 4.75. The highest BCUT2D eigenvalue weighted by Crippen LogP contribution is 2.32. The normalized spacial score (nSPS) is 41.9. The molecule has 13 heteroatoms. The number of carbonyl (C=O) groups excluding carboxylic acids is 1. The fourth-order valence-corrected chi connectivity index (χ4v) is 4.75. The predicted molar refractivity (Wildman–Crippen MR) is 118 cm³/mol. The lowest BCUT2D eigenvalue weighted by Crippen LogP contribution is -2.60. The smallest absolute Gasteiger partial charge is 0.249 e.